The number of benzene rings is 1. The minimum absolute atomic E-state index is 0.162. The molecule has 1 aromatic rings. The lowest BCUT2D eigenvalue weighted by molar-refractivity contribution is 0.0988. The van der Waals surface area contributed by atoms with Gasteiger partial charge in [-0.2, -0.15) is 5.26 Å². The third kappa shape index (κ3) is 3.59. The summed E-state index contributed by atoms with van der Waals surface area (Å²) in [5.41, 5.74) is 1.82. The molecule has 0 aromatic heterocycles. The number of rotatable bonds is 6. The summed E-state index contributed by atoms with van der Waals surface area (Å²) in [6.45, 7) is 6.78. The van der Waals surface area contributed by atoms with Gasteiger partial charge >= 0.3 is 0 Å². The third-order valence-electron chi connectivity index (χ3n) is 2.93. The first kappa shape index (κ1) is 14.2. The van der Waals surface area contributed by atoms with Crippen LogP contribution < -0.4 is 4.90 Å². The van der Waals surface area contributed by atoms with E-state index in [1.54, 1.807) is 0 Å². The fourth-order valence-electron chi connectivity index (χ4n) is 1.90. The lowest BCUT2D eigenvalue weighted by atomic mass is 10.1. The highest BCUT2D eigenvalue weighted by Gasteiger charge is 2.11. The van der Waals surface area contributed by atoms with Crippen molar-refractivity contribution in [3.05, 3.63) is 29.8 Å². The third-order valence-corrected chi connectivity index (χ3v) is 2.93. The minimum atomic E-state index is 0.162. The van der Waals surface area contributed by atoms with E-state index in [0.717, 1.165) is 17.8 Å². The van der Waals surface area contributed by atoms with E-state index in [4.69, 9.17) is 5.26 Å². The van der Waals surface area contributed by atoms with Gasteiger partial charge in [0.25, 0.3) is 0 Å². The predicted molar refractivity (Wildman–Crippen MR) is 73.8 cm³/mol. The maximum absolute atomic E-state index is 11.5. The Morgan fingerprint density at radius 3 is 2.39 bits per heavy atom. The number of nitrogens with zero attached hydrogens (tertiary/aromatic N) is 2. The number of Topliss-reactive ketones (excluding diaryl/α,β-unsaturated/α-hetero) is 1. The Balaban J connectivity index is 2.87. The number of carbonyl (C=O) groups is 1. The molecular formula is C15H20N2O. The van der Waals surface area contributed by atoms with Gasteiger partial charge in [-0.05, 0) is 38.1 Å². The topological polar surface area (TPSA) is 44.1 Å². The molecule has 0 radical (unpaired) electrons. The molecule has 3 nitrogen and oxygen atoms in total. The summed E-state index contributed by atoms with van der Waals surface area (Å²) in [6, 6.07) is 10.1. The molecule has 1 rings (SSSR count). The van der Waals surface area contributed by atoms with Crippen LogP contribution in [0.2, 0.25) is 0 Å². The smallest absolute Gasteiger partial charge is 0.162 e. The molecular weight excluding hydrogens is 224 g/mol. The number of nitriles is 1. The van der Waals surface area contributed by atoms with Crippen molar-refractivity contribution in [3.8, 4) is 6.07 Å². The van der Waals surface area contributed by atoms with E-state index >= 15 is 0 Å². The van der Waals surface area contributed by atoms with Crippen LogP contribution in [-0.2, 0) is 0 Å². The highest BCUT2D eigenvalue weighted by atomic mass is 16.1. The molecule has 0 fully saturated rings. The summed E-state index contributed by atoms with van der Waals surface area (Å²) in [4.78, 5) is 13.7. The van der Waals surface area contributed by atoms with Gasteiger partial charge in [-0.3, -0.25) is 4.79 Å². The van der Waals surface area contributed by atoms with E-state index in [9.17, 15) is 4.79 Å². The van der Waals surface area contributed by atoms with Crippen LogP contribution in [0.5, 0.6) is 0 Å². The molecule has 0 amide bonds. The van der Waals surface area contributed by atoms with Gasteiger partial charge in [-0.15, -0.1) is 0 Å². The Bertz CT molecular complexity index is 429. The summed E-state index contributed by atoms with van der Waals surface area (Å²) in [6.07, 6.45) is 1.04. The molecule has 0 aliphatic carbocycles. The second-order valence-corrected chi connectivity index (χ2v) is 4.52. The van der Waals surface area contributed by atoms with E-state index in [1.807, 2.05) is 31.2 Å². The minimum Gasteiger partial charge on any atom is -0.368 e. The van der Waals surface area contributed by atoms with Crippen LogP contribution in [0.15, 0.2) is 24.3 Å². The van der Waals surface area contributed by atoms with Gasteiger partial charge in [0.05, 0.1) is 12.5 Å². The fourth-order valence-corrected chi connectivity index (χ4v) is 1.90. The molecule has 96 valence electrons. The second-order valence-electron chi connectivity index (χ2n) is 4.52. The second kappa shape index (κ2) is 6.80. The van der Waals surface area contributed by atoms with Gasteiger partial charge in [-0.1, -0.05) is 6.92 Å². The van der Waals surface area contributed by atoms with Crippen LogP contribution in [0.25, 0.3) is 0 Å². The average molecular weight is 244 g/mol. The van der Waals surface area contributed by atoms with Crippen molar-refractivity contribution < 1.29 is 4.79 Å². The van der Waals surface area contributed by atoms with Crippen LogP contribution in [-0.4, -0.2) is 18.4 Å². The molecule has 0 unspecified atom stereocenters. The van der Waals surface area contributed by atoms with Crippen LogP contribution in [0.3, 0.4) is 0 Å². The Kier molecular flexibility index (Phi) is 5.38. The zero-order valence-corrected chi connectivity index (χ0v) is 11.3. The van der Waals surface area contributed by atoms with Crippen LogP contribution in [0, 0.1) is 11.3 Å². The highest BCUT2D eigenvalue weighted by molar-refractivity contribution is 5.96. The predicted octanol–water partition coefficient (Wildman–Crippen LogP) is 3.41. The van der Waals surface area contributed by atoms with Gasteiger partial charge in [0.15, 0.2) is 5.78 Å². The van der Waals surface area contributed by atoms with E-state index in [1.165, 1.54) is 0 Å². The lowest BCUT2D eigenvalue weighted by Gasteiger charge is -2.28. The number of anilines is 1. The van der Waals surface area contributed by atoms with Gasteiger partial charge in [-0.25, -0.2) is 0 Å². The van der Waals surface area contributed by atoms with Crippen LogP contribution in [0.1, 0.15) is 44.0 Å². The first-order valence-corrected chi connectivity index (χ1v) is 6.37. The Morgan fingerprint density at radius 1 is 1.33 bits per heavy atom. The highest BCUT2D eigenvalue weighted by Crippen LogP contribution is 2.19. The summed E-state index contributed by atoms with van der Waals surface area (Å²) in [7, 11) is 0. The molecule has 0 N–H and O–H groups in total. The summed E-state index contributed by atoms with van der Waals surface area (Å²) < 4.78 is 0. The van der Waals surface area contributed by atoms with Crippen LogP contribution >= 0.6 is 0 Å². The maximum atomic E-state index is 11.5. The largest absolute Gasteiger partial charge is 0.368 e. The molecule has 1 aromatic carbocycles. The quantitative estimate of drug-likeness (QED) is 0.720. The Labute approximate surface area is 109 Å². The molecule has 0 atom stereocenters. The van der Waals surface area contributed by atoms with Crippen molar-refractivity contribution in [2.24, 2.45) is 0 Å². The van der Waals surface area contributed by atoms with Gasteiger partial charge in [0.1, 0.15) is 0 Å². The van der Waals surface area contributed by atoms with Gasteiger partial charge < -0.3 is 4.90 Å². The zero-order valence-electron chi connectivity index (χ0n) is 11.3. The van der Waals surface area contributed by atoms with Crippen molar-refractivity contribution in [2.75, 3.05) is 11.4 Å². The fraction of sp³-hybridized carbons (Fsp3) is 0.467. The Morgan fingerprint density at radius 2 is 1.94 bits per heavy atom. The summed E-state index contributed by atoms with van der Waals surface area (Å²) in [5.74, 6) is 0.162. The number of carbonyl (C=O) groups excluding carboxylic acids is 1. The molecule has 0 aliphatic heterocycles. The normalized spacial score (nSPS) is 10.2. The molecule has 0 heterocycles. The number of hydrogen-bond acceptors (Lipinski definition) is 3. The molecule has 0 spiro atoms. The van der Waals surface area contributed by atoms with Crippen molar-refractivity contribution in [3.63, 3.8) is 0 Å². The van der Waals surface area contributed by atoms with E-state index < -0.39 is 0 Å². The van der Waals surface area contributed by atoms with E-state index in [-0.39, 0.29) is 5.78 Å². The lowest BCUT2D eigenvalue weighted by Crippen LogP contribution is -2.31. The molecule has 0 aliphatic rings. The molecule has 3 heteroatoms. The van der Waals surface area contributed by atoms with E-state index in [0.29, 0.717) is 18.9 Å². The zero-order chi connectivity index (χ0) is 13.5. The first-order chi connectivity index (χ1) is 8.60. The Hall–Kier alpha value is -1.82. The number of hydrogen-bond donors (Lipinski definition) is 0. The molecule has 18 heavy (non-hydrogen) atoms. The summed E-state index contributed by atoms with van der Waals surface area (Å²) >= 11 is 0. The monoisotopic (exact) mass is 244 g/mol. The average Bonchev–Trinajstić information content (AvgIpc) is 2.38. The molecule has 0 saturated carbocycles. The maximum Gasteiger partial charge on any atom is 0.162 e. The van der Waals surface area contributed by atoms with Gasteiger partial charge in [0.2, 0.25) is 0 Å². The standard InChI is InChI=1S/C15H20N2O/c1-4-15(18)13-6-8-14(9-7-13)17(12(2)3)11-5-10-16/h6-9,12H,4-5,11H2,1-3H3. The number of ketones is 1. The van der Waals surface area contributed by atoms with Crippen LogP contribution in [0.4, 0.5) is 5.69 Å². The molecule has 0 saturated heterocycles. The van der Waals surface area contributed by atoms with E-state index in [2.05, 4.69) is 24.8 Å². The summed E-state index contributed by atoms with van der Waals surface area (Å²) in [5, 5.41) is 8.67. The van der Waals surface area contributed by atoms with Crippen molar-refractivity contribution in [1.29, 1.82) is 5.26 Å². The van der Waals surface area contributed by atoms with Crippen molar-refractivity contribution in [2.45, 2.75) is 39.7 Å². The SMILES string of the molecule is CCC(=O)c1ccc(N(CCC#N)C(C)C)cc1. The van der Waals surface area contributed by atoms with Crippen molar-refractivity contribution in [1.82, 2.24) is 0 Å². The first-order valence-electron chi connectivity index (χ1n) is 6.37. The van der Waals surface area contributed by atoms with Gasteiger partial charge in [0, 0.05) is 30.3 Å². The van der Waals surface area contributed by atoms with Crippen molar-refractivity contribution >= 4 is 11.5 Å². The molecule has 0 bridgehead atoms.